The molecule has 8 rings (SSSR count). The smallest absolute Gasteiger partial charge is 0.118 e. The van der Waals surface area contributed by atoms with Crippen molar-refractivity contribution in [2.75, 3.05) is 16.9 Å². The van der Waals surface area contributed by atoms with Crippen molar-refractivity contribution < 1.29 is 9.84 Å². The van der Waals surface area contributed by atoms with Gasteiger partial charge in [-0.05, 0) is 149 Å². The summed E-state index contributed by atoms with van der Waals surface area (Å²) in [6.07, 6.45) is 8.51. The van der Waals surface area contributed by atoms with E-state index in [1.165, 1.54) is 22.3 Å². The minimum atomic E-state index is 0.0451. The Bertz CT molecular complexity index is 2720. The summed E-state index contributed by atoms with van der Waals surface area (Å²) in [5.74, 6) is 0.853. The number of aryl methyl sites for hydroxylation is 2. The molecule has 0 unspecified atom stereocenters. The first kappa shape index (κ1) is 39.4. The Balaban J connectivity index is 1.07. The standard InChI is InChI=1S/C56H48N2O2/c1-41-37-48(29-35-55(41)57(50-12-6-4-7-13-50)52-31-25-44(26-32-52)17-18-45-27-33-54(60-3)34-28-45)49-30-36-56(42(2)38-49)58(51-14-8-5-9-15-51)53-16-10-11-46(39-53)22-19-43-20-23-47(40-59)24-21-43/h4-39,59H,40H2,1-3H3. The molecule has 0 saturated carbocycles. The molecule has 0 aromatic heterocycles. The first-order valence-electron chi connectivity index (χ1n) is 20.3. The van der Waals surface area contributed by atoms with E-state index in [2.05, 4.69) is 206 Å². The van der Waals surface area contributed by atoms with Gasteiger partial charge < -0.3 is 19.6 Å². The van der Waals surface area contributed by atoms with Crippen LogP contribution in [0.5, 0.6) is 5.75 Å². The third kappa shape index (κ3) is 9.16. The van der Waals surface area contributed by atoms with Gasteiger partial charge >= 0.3 is 0 Å². The third-order valence-electron chi connectivity index (χ3n) is 10.7. The summed E-state index contributed by atoms with van der Waals surface area (Å²) in [7, 11) is 1.69. The molecule has 0 aliphatic heterocycles. The maximum absolute atomic E-state index is 9.43. The molecule has 0 aliphatic rings. The van der Waals surface area contributed by atoms with Gasteiger partial charge in [-0.15, -0.1) is 0 Å². The molecule has 0 radical (unpaired) electrons. The average molecular weight is 781 g/mol. The fourth-order valence-electron chi connectivity index (χ4n) is 7.52. The second-order valence-electron chi connectivity index (χ2n) is 14.9. The summed E-state index contributed by atoms with van der Waals surface area (Å²) in [5.41, 5.74) is 16.7. The molecule has 0 saturated heterocycles. The number of hydrogen-bond acceptors (Lipinski definition) is 4. The zero-order chi connectivity index (χ0) is 41.3. The van der Waals surface area contributed by atoms with Crippen LogP contribution in [0.1, 0.15) is 38.9 Å². The summed E-state index contributed by atoms with van der Waals surface area (Å²) >= 11 is 0. The van der Waals surface area contributed by atoms with Crippen molar-refractivity contribution in [2.24, 2.45) is 0 Å². The van der Waals surface area contributed by atoms with Gasteiger partial charge in [0.25, 0.3) is 0 Å². The normalized spacial score (nSPS) is 11.3. The SMILES string of the molecule is COc1ccc(C=Cc2ccc(N(c3ccccc3)c3ccc(-c4ccc(N(c5ccccc5)c5cccc(C=Cc6ccc(CO)cc6)c5)c(C)c4)cc3C)cc2)cc1. The predicted octanol–water partition coefficient (Wildman–Crippen LogP) is 14.8. The van der Waals surface area contributed by atoms with Crippen LogP contribution in [-0.2, 0) is 6.61 Å². The maximum Gasteiger partial charge on any atom is 0.118 e. The number of hydrogen-bond donors (Lipinski definition) is 1. The first-order chi connectivity index (χ1) is 29.4. The van der Waals surface area contributed by atoms with Crippen LogP contribution in [0.4, 0.5) is 34.1 Å². The van der Waals surface area contributed by atoms with Crippen molar-refractivity contribution in [3.63, 3.8) is 0 Å². The van der Waals surface area contributed by atoms with E-state index in [-0.39, 0.29) is 6.61 Å². The number of anilines is 6. The molecule has 0 bridgehead atoms. The van der Waals surface area contributed by atoms with E-state index in [1.54, 1.807) is 7.11 Å². The van der Waals surface area contributed by atoms with Crippen LogP contribution >= 0.6 is 0 Å². The monoisotopic (exact) mass is 780 g/mol. The van der Waals surface area contributed by atoms with E-state index in [9.17, 15) is 5.11 Å². The highest BCUT2D eigenvalue weighted by atomic mass is 16.5. The van der Waals surface area contributed by atoms with Crippen LogP contribution < -0.4 is 14.5 Å². The molecule has 0 amide bonds. The van der Waals surface area contributed by atoms with Crippen molar-refractivity contribution in [2.45, 2.75) is 20.5 Å². The highest BCUT2D eigenvalue weighted by Crippen LogP contribution is 2.41. The van der Waals surface area contributed by atoms with Gasteiger partial charge in [-0.2, -0.15) is 0 Å². The fraction of sp³-hybridized carbons (Fsp3) is 0.0714. The summed E-state index contributed by atoms with van der Waals surface area (Å²) in [5, 5.41) is 9.43. The molecule has 0 atom stereocenters. The summed E-state index contributed by atoms with van der Waals surface area (Å²) in [4.78, 5) is 4.66. The number of aliphatic hydroxyl groups is 1. The van der Waals surface area contributed by atoms with Crippen LogP contribution in [0, 0.1) is 13.8 Å². The Labute approximate surface area is 354 Å². The second-order valence-corrected chi connectivity index (χ2v) is 14.9. The number of para-hydroxylation sites is 2. The Morgan fingerprint density at radius 3 is 1.33 bits per heavy atom. The lowest BCUT2D eigenvalue weighted by molar-refractivity contribution is 0.282. The molecular formula is C56H48N2O2. The summed E-state index contributed by atoms with van der Waals surface area (Å²) in [6.45, 7) is 4.44. The van der Waals surface area contributed by atoms with Crippen LogP contribution in [0.3, 0.4) is 0 Å². The number of nitrogens with zero attached hydrogens (tertiary/aromatic N) is 2. The van der Waals surface area contributed by atoms with Gasteiger partial charge in [-0.25, -0.2) is 0 Å². The van der Waals surface area contributed by atoms with E-state index in [1.807, 2.05) is 36.4 Å². The molecule has 0 heterocycles. The van der Waals surface area contributed by atoms with Gasteiger partial charge in [0.2, 0.25) is 0 Å². The largest absolute Gasteiger partial charge is 0.497 e. The number of aliphatic hydroxyl groups excluding tert-OH is 1. The van der Waals surface area contributed by atoms with Crippen molar-refractivity contribution in [1.29, 1.82) is 0 Å². The molecular weight excluding hydrogens is 733 g/mol. The molecule has 8 aromatic carbocycles. The molecule has 8 aromatic rings. The van der Waals surface area contributed by atoms with Crippen molar-refractivity contribution >= 4 is 58.4 Å². The molecule has 4 heteroatoms. The van der Waals surface area contributed by atoms with Gasteiger partial charge in [-0.1, -0.05) is 133 Å². The minimum Gasteiger partial charge on any atom is -0.497 e. The molecule has 60 heavy (non-hydrogen) atoms. The quantitative estimate of drug-likeness (QED) is 0.118. The van der Waals surface area contributed by atoms with Crippen molar-refractivity contribution in [3.05, 3.63) is 233 Å². The molecule has 0 spiro atoms. The van der Waals surface area contributed by atoms with Gasteiger partial charge in [0.15, 0.2) is 0 Å². The number of benzene rings is 8. The maximum atomic E-state index is 9.43. The number of rotatable bonds is 13. The van der Waals surface area contributed by atoms with Gasteiger partial charge in [-0.3, -0.25) is 0 Å². The van der Waals surface area contributed by atoms with Crippen molar-refractivity contribution in [1.82, 2.24) is 0 Å². The Morgan fingerprint density at radius 2 is 0.850 bits per heavy atom. The average Bonchev–Trinajstić information content (AvgIpc) is 3.30. The molecule has 0 fully saturated rings. The topological polar surface area (TPSA) is 35.9 Å². The zero-order valence-electron chi connectivity index (χ0n) is 34.2. The first-order valence-corrected chi connectivity index (χ1v) is 20.3. The van der Waals surface area contributed by atoms with Crippen LogP contribution in [0.2, 0.25) is 0 Å². The lowest BCUT2D eigenvalue weighted by Gasteiger charge is -2.28. The minimum absolute atomic E-state index is 0.0451. The van der Waals surface area contributed by atoms with Gasteiger partial charge in [0.1, 0.15) is 5.75 Å². The summed E-state index contributed by atoms with van der Waals surface area (Å²) < 4.78 is 5.31. The van der Waals surface area contributed by atoms with Crippen LogP contribution in [0.15, 0.2) is 194 Å². The summed E-state index contributed by atoms with van der Waals surface area (Å²) in [6, 6.07) is 68.1. The highest BCUT2D eigenvalue weighted by Gasteiger charge is 2.18. The van der Waals surface area contributed by atoms with Crippen LogP contribution in [0.25, 0.3) is 35.4 Å². The lowest BCUT2D eigenvalue weighted by Crippen LogP contribution is -2.11. The highest BCUT2D eigenvalue weighted by molar-refractivity contribution is 5.84. The molecule has 294 valence electrons. The van der Waals surface area contributed by atoms with Gasteiger partial charge in [0.05, 0.1) is 13.7 Å². The lowest BCUT2D eigenvalue weighted by atomic mass is 9.98. The zero-order valence-corrected chi connectivity index (χ0v) is 34.2. The Hall–Kier alpha value is -7.40. The molecule has 4 nitrogen and oxygen atoms in total. The number of methoxy groups -OCH3 is 1. The van der Waals surface area contributed by atoms with E-state index in [4.69, 9.17) is 4.74 Å². The molecule has 0 aliphatic carbocycles. The number of ether oxygens (including phenoxy) is 1. The fourth-order valence-corrected chi connectivity index (χ4v) is 7.52. The Kier molecular flexibility index (Phi) is 12.1. The van der Waals surface area contributed by atoms with E-state index < -0.39 is 0 Å². The van der Waals surface area contributed by atoms with Crippen molar-refractivity contribution in [3.8, 4) is 16.9 Å². The van der Waals surface area contributed by atoms with E-state index in [0.29, 0.717) is 0 Å². The third-order valence-corrected chi connectivity index (χ3v) is 10.7. The predicted molar refractivity (Wildman–Crippen MR) is 254 cm³/mol. The van der Waals surface area contributed by atoms with Gasteiger partial charge in [0, 0.05) is 34.1 Å². The molecule has 1 N–H and O–H groups in total. The Morgan fingerprint density at radius 1 is 0.417 bits per heavy atom. The van der Waals surface area contributed by atoms with E-state index in [0.717, 1.165) is 67.7 Å². The van der Waals surface area contributed by atoms with Crippen LogP contribution in [-0.4, -0.2) is 12.2 Å². The van der Waals surface area contributed by atoms with E-state index >= 15 is 0 Å². The second kappa shape index (κ2) is 18.5.